The number of hydrogen-bond acceptors (Lipinski definition) is 8. The Hall–Kier alpha value is -3.20. The summed E-state index contributed by atoms with van der Waals surface area (Å²) >= 11 is 0. The predicted molar refractivity (Wildman–Crippen MR) is 62.4 cm³/mol. The Labute approximate surface area is 120 Å². The van der Waals surface area contributed by atoms with E-state index in [-0.39, 0.29) is 0 Å². The van der Waals surface area contributed by atoms with E-state index >= 15 is 0 Å². The third-order valence-electron chi connectivity index (χ3n) is 3.50. The van der Waals surface area contributed by atoms with Gasteiger partial charge in [-0.15, -0.1) is 10.0 Å². The molecule has 2 aliphatic heterocycles. The maximum Gasteiger partial charge on any atom is 0.208 e. The molecule has 16 heteroatoms. The summed E-state index contributed by atoms with van der Waals surface area (Å²) in [6.45, 7) is -2.22. The normalized spacial score (nSPS) is 24.7. The molecule has 0 aliphatic carbocycles. The molecule has 0 unspecified atom stereocenters. The molecule has 2 heterocycles. The van der Waals surface area contributed by atoms with Crippen LogP contribution in [0.4, 0.5) is 0 Å². The van der Waals surface area contributed by atoms with Crippen molar-refractivity contribution in [3.05, 3.63) is 40.5 Å². The quantitative estimate of drug-likeness (QED) is 0.387. The van der Waals surface area contributed by atoms with Gasteiger partial charge in [0.1, 0.15) is 25.2 Å². The van der Waals surface area contributed by atoms with E-state index in [0.29, 0.717) is 20.0 Å². The van der Waals surface area contributed by atoms with Crippen LogP contribution >= 0.6 is 0 Å². The van der Waals surface area contributed by atoms with E-state index in [4.69, 9.17) is 0 Å². The Morgan fingerprint density at radius 1 is 0.636 bits per heavy atom. The average molecular weight is 322 g/mol. The summed E-state index contributed by atoms with van der Waals surface area (Å²) in [7, 11) is 0. The van der Waals surface area contributed by atoms with Crippen molar-refractivity contribution in [3.8, 4) is 0 Å². The molecule has 0 amide bonds. The lowest BCUT2D eigenvalue weighted by Gasteiger charge is -2.21. The van der Waals surface area contributed by atoms with Crippen LogP contribution in [-0.4, -0.2) is 78.7 Å². The van der Waals surface area contributed by atoms with Gasteiger partial charge >= 0.3 is 0 Å². The summed E-state index contributed by atoms with van der Waals surface area (Å²) in [6, 6.07) is -2.45. The third kappa shape index (κ3) is 2.52. The highest BCUT2D eigenvalue weighted by atomic mass is 16.7. The van der Waals surface area contributed by atoms with Crippen LogP contribution in [0.1, 0.15) is 0 Å². The first-order valence-electron chi connectivity index (χ1n) is 5.82. The van der Waals surface area contributed by atoms with E-state index in [0.717, 1.165) is 0 Å². The van der Waals surface area contributed by atoms with Crippen LogP contribution in [0.3, 0.4) is 0 Å². The largest absolute Gasteiger partial charge is 0.235 e. The summed E-state index contributed by atoms with van der Waals surface area (Å²) in [6.07, 6.45) is 0. The smallest absolute Gasteiger partial charge is 0.208 e. The predicted octanol–water partition coefficient (Wildman–Crippen LogP) is -2.36. The summed E-state index contributed by atoms with van der Waals surface area (Å²) in [5, 5.41) is 41.9. The third-order valence-corrected chi connectivity index (χ3v) is 3.50. The molecule has 2 saturated heterocycles. The van der Waals surface area contributed by atoms with Gasteiger partial charge in [-0.25, -0.2) is 40.5 Å². The summed E-state index contributed by atoms with van der Waals surface area (Å²) in [4.78, 5) is 43.4. The highest BCUT2D eigenvalue weighted by Gasteiger charge is 2.55. The van der Waals surface area contributed by atoms with Crippen LogP contribution in [0, 0.1) is 40.5 Å². The van der Waals surface area contributed by atoms with Crippen molar-refractivity contribution < 1.29 is 20.1 Å². The molecule has 0 aromatic carbocycles. The fourth-order valence-electron chi connectivity index (χ4n) is 2.50. The van der Waals surface area contributed by atoms with E-state index in [1.54, 1.807) is 0 Å². The van der Waals surface area contributed by atoms with E-state index in [1.807, 2.05) is 0 Å². The summed E-state index contributed by atoms with van der Waals surface area (Å²) < 4.78 is 0. The number of nitrogens with zero attached hydrogens (tertiary/aromatic N) is 8. The number of hydrazine groups is 4. The average Bonchev–Trinajstić information content (AvgIpc) is 3.02. The number of hydrogen-bond donors (Lipinski definition) is 0. The van der Waals surface area contributed by atoms with Crippen LogP contribution in [0.25, 0.3) is 0 Å². The Balaban J connectivity index is 2.26. The molecule has 22 heavy (non-hydrogen) atoms. The molecule has 122 valence electrons. The van der Waals surface area contributed by atoms with Gasteiger partial charge in [0.2, 0.25) is 13.3 Å². The van der Waals surface area contributed by atoms with Crippen LogP contribution in [-0.2, 0) is 0 Å². The van der Waals surface area contributed by atoms with E-state index in [2.05, 4.69) is 0 Å². The second-order valence-electron chi connectivity index (χ2n) is 4.63. The zero-order valence-electron chi connectivity index (χ0n) is 10.8. The zero-order valence-corrected chi connectivity index (χ0v) is 10.8. The van der Waals surface area contributed by atoms with E-state index < -0.39 is 58.6 Å². The summed E-state index contributed by atoms with van der Waals surface area (Å²) in [5.74, 6) is 0. The molecule has 0 aromatic rings. The van der Waals surface area contributed by atoms with Crippen molar-refractivity contribution in [1.82, 2.24) is 20.0 Å². The first-order valence-corrected chi connectivity index (χ1v) is 5.82. The molecule has 2 rings (SSSR count). The molecule has 2 fully saturated rings. The fraction of sp³-hybridized carbons (Fsp3) is 1.00. The minimum atomic E-state index is -1.23. The van der Waals surface area contributed by atoms with Gasteiger partial charge in [0.25, 0.3) is 0 Å². The molecule has 0 N–H and O–H groups in total. The zero-order chi connectivity index (χ0) is 16.6. The first kappa shape index (κ1) is 15.2. The number of nitro groups is 4. The minimum Gasteiger partial charge on any atom is -0.235 e. The van der Waals surface area contributed by atoms with Gasteiger partial charge in [0.05, 0.1) is 0 Å². The molecule has 0 bridgehead atoms. The standard InChI is InChI=1S/C6H10N8O8/c15-11(16)7-1-5(9(3-7)13(19)20)6-2-8(12(17)18)4-10(6)14(21)22/h5-6H,1-4H2/t5-,6+. The van der Waals surface area contributed by atoms with Crippen LogP contribution in [0.15, 0.2) is 0 Å². The lowest BCUT2D eigenvalue weighted by Crippen LogP contribution is -2.52. The maximum atomic E-state index is 11.0. The molecule has 0 radical (unpaired) electrons. The van der Waals surface area contributed by atoms with E-state index in [9.17, 15) is 40.5 Å². The second-order valence-corrected chi connectivity index (χ2v) is 4.63. The van der Waals surface area contributed by atoms with Crippen LogP contribution in [0.5, 0.6) is 0 Å². The van der Waals surface area contributed by atoms with Crippen LogP contribution in [0.2, 0.25) is 0 Å². The molecule has 0 spiro atoms. The molecular weight excluding hydrogens is 312 g/mol. The van der Waals surface area contributed by atoms with Gasteiger partial charge in [-0.05, 0) is 0 Å². The lowest BCUT2D eigenvalue weighted by atomic mass is 10.1. The highest BCUT2D eigenvalue weighted by Crippen LogP contribution is 2.24. The molecule has 0 saturated carbocycles. The lowest BCUT2D eigenvalue weighted by molar-refractivity contribution is -0.701. The Bertz CT molecular complexity index is 481. The van der Waals surface area contributed by atoms with Crippen LogP contribution < -0.4 is 0 Å². The fourth-order valence-corrected chi connectivity index (χ4v) is 2.50. The second kappa shape index (κ2) is 5.30. The molecule has 16 nitrogen and oxygen atoms in total. The van der Waals surface area contributed by atoms with Gasteiger partial charge in [0.15, 0.2) is 20.1 Å². The SMILES string of the molecule is O=[N+]([O-])N1C[C@H]([C@@H]2CN([N+](=O)[O-])CN2[N+](=O)[O-])N([N+](=O)[O-])C1. The van der Waals surface area contributed by atoms with Gasteiger partial charge in [0, 0.05) is 0 Å². The summed E-state index contributed by atoms with van der Waals surface area (Å²) in [5.41, 5.74) is 0. The van der Waals surface area contributed by atoms with Crippen molar-refractivity contribution in [3.63, 3.8) is 0 Å². The first-order chi connectivity index (χ1) is 10.2. The molecule has 0 aromatic heterocycles. The Kier molecular flexibility index (Phi) is 3.66. The minimum absolute atomic E-state index is 0.450. The molecular formula is C6H10N8O8. The monoisotopic (exact) mass is 322 g/mol. The van der Waals surface area contributed by atoms with Crippen molar-refractivity contribution in [1.29, 1.82) is 0 Å². The van der Waals surface area contributed by atoms with Crippen molar-refractivity contribution in [2.24, 2.45) is 0 Å². The molecule has 2 atom stereocenters. The topological polar surface area (TPSA) is 186 Å². The van der Waals surface area contributed by atoms with Gasteiger partial charge in [-0.2, -0.15) is 0 Å². The molecule has 2 aliphatic rings. The van der Waals surface area contributed by atoms with Crippen molar-refractivity contribution in [2.75, 3.05) is 26.4 Å². The van der Waals surface area contributed by atoms with Gasteiger partial charge in [-0.3, -0.25) is 0 Å². The van der Waals surface area contributed by atoms with Gasteiger partial charge < -0.3 is 0 Å². The van der Waals surface area contributed by atoms with Crippen molar-refractivity contribution in [2.45, 2.75) is 12.1 Å². The van der Waals surface area contributed by atoms with Crippen molar-refractivity contribution >= 4 is 0 Å². The Morgan fingerprint density at radius 2 is 0.955 bits per heavy atom. The highest BCUT2D eigenvalue weighted by molar-refractivity contribution is 4.90. The Morgan fingerprint density at radius 3 is 1.18 bits per heavy atom. The number of rotatable bonds is 5. The van der Waals surface area contributed by atoms with E-state index in [1.165, 1.54) is 0 Å². The maximum absolute atomic E-state index is 11.0. The van der Waals surface area contributed by atoms with Gasteiger partial charge in [-0.1, -0.05) is 10.0 Å².